The molecule has 0 unspecified atom stereocenters. The van der Waals surface area contributed by atoms with Crippen molar-refractivity contribution >= 4 is 40.3 Å². The van der Waals surface area contributed by atoms with E-state index >= 15 is 0 Å². The number of carbonyl (C=O) groups is 1. The van der Waals surface area contributed by atoms with Crippen LogP contribution in [0.5, 0.6) is 0 Å². The summed E-state index contributed by atoms with van der Waals surface area (Å²) in [5.41, 5.74) is 0. The maximum Gasteiger partial charge on any atom is 0.263 e. The van der Waals surface area contributed by atoms with Crippen LogP contribution in [0.1, 0.15) is 11.5 Å². The Morgan fingerprint density at radius 1 is 1.53 bits per heavy atom. The molecule has 2 aromatic heterocycles. The van der Waals surface area contributed by atoms with Crippen molar-refractivity contribution in [3.05, 3.63) is 47.0 Å². The molecule has 0 aliphatic carbocycles. The summed E-state index contributed by atoms with van der Waals surface area (Å²) in [7, 11) is 0. The van der Waals surface area contributed by atoms with Gasteiger partial charge in [0, 0.05) is 18.5 Å². The highest BCUT2D eigenvalue weighted by molar-refractivity contribution is 8.26. The molecule has 1 fully saturated rings. The van der Waals surface area contributed by atoms with Gasteiger partial charge in [-0.3, -0.25) is 9.48 Å². The molecule has 0 saturated carbocycles. The molecule has 0 aromatic carbocycles. The Kier molecular flexibility index (Phi) is 3.22. The average Bonchev–Trinajstić information content (AvgIpc) is 3.05. The topological polar surface area (TPSA) is 60.1 Å². The summed E-state index contributed by atoms with van der Waals surface area (Å²) >= 11 is 6.16. The van der Waals surface area contributed by atoms with Gasteiger partial charge in [-0.1, -0.05) is 24.0 Å². The zero-order valence-corrected chi connectivity index (χ0v) is 11.3. The molecule has 0 radical (unpaired) electrons. The number of thioether (sulfide) groups is 1. The van der Waals surface area contributed by atoms with E-state index in [2.05, 4.69) is 10.4 Å². The third kappa shape index (κ3) is 2.77. The first kappa shape index (κ1) is 12.2. The highest BCUT2D eigenvalue weighted by Gasteiger charge is 2.22. The number of aromatic nitrogens is 2. The van der Waals surface area contributed by atoms with Gasteiger partial charge in [-0.2, -0.15) is 5.10 Å². The van der Waals surface area contributed by atoms with Gasteiger partial charge in [0.1, 0.15) is 15.8 Å². The Hall–Kier alpha value is -1.86. The fourth-order valence-corrected chi connectivity index (χ4v) is 2.69. The van der Waals surface area contributed by atoms with Crippen molar-refractivity contribution in [3.8, 4) is 0 Å². The lowest BCUT2D eigenvalue weighted by Crippen LogP contribution is -2.17. The van der Waals surface area contributed by atoms with E-state index in [0.29, 0.717) is 21.5 Å². The van der Waals surface area contributed by atoms with Crippen molar-refractivity contribution in [1.29, 1.82) is 0 Å². The van der Waals surface area contributed by atoms with Crippen LogP contribution >= 0.6 is 24.0 Å². The van der Waals surface area contributed by atoms with E-state index in [0.717, 1.165) is 5.76 Å². The van der Waals surface area contributed by atoms with E-state index in [-0.39, 0.29) is 5.91 Å². The van der Waals surface area contributed by atoms with Crippen LogP contribution in [0.25, 0.3) is 6.08 Å². The molecular weight excluding hydrogens is 282 g/mol. The van der Waals surface area contributed by atoms with Crippen LogP contribution in [0.4, 0.5) is 0 Å². The Labute approximate surface area is 118 Å². The van der Waals surface area contributed by atoms with E-state index in [4.69, 9.17) is 16.6 Å². The largest absolute Gasteiger partial charge is 0.460 e. The number of nitrogens with zero attached hydrogens (tertiary/aromatic N) is 2. The average molecular weight is 291 g/mol. The Morgan fingerprint density at radius 2 is 2.42 bits per heavy atom. The molecule has 7 heteroatoms. The molecule has 3 rings (SSSR count). The van der Waals surface area contributed by atoms with Gasteiger partial charge < -0.3 is 9.73 Å². The summed E-state index contributed by atoms with van der Waals surface area (Å²) in [5, 5.41) is 6.66. The summed E-state index contributed by atoms with van der Waals surface area (Å²) in [4.78, 5) is 12.1. The van der Waals surface area contributed by atoms with Gasteiger partial charge in [0.25, 0.3) is 5.91 Å². The first-order valence-electron chi connectivity index (χ1n) is 5.52. The molecule has 96 valence electrons. The Morgan fingerprint density at radius 3 is 3.11 bits per heavy atom. The molecule has 1 saturated heterocycles. The minimum atomic E-state index is -0.181. The lowest BCUT2D eigenvalue weighted by Gasteiger charge is -1.96. The van der Waals surface area contributed by atoms with Gasteiger partial charge in [0.05, 0.1) is 11.4 Å². The van der Waals surface area contributed by atoms with Crippen LogP contribution in [0.2, 0.25) is 0 Å². The van der Waals surface area contributed by atoms with Gasteiger partial charge in [0.2, 0.25) is 0 Å². The van der Waals surface area contributed by atoms with Crippen molar-refractivity contribution in [1.82, 2.24) is 15.1 Å². The summed E-state index contributed by atoms with van der Waals surface area (Å²) in [5.74, 6) is 1.23. The van der Waals surface area contributed by atoms with Gasteiger partial charge in [-0.25, -0.2) is 0 Å². The fourth-order valence-electron chi connectivity index (χ4n) is 1.66. The maximum atomic E-state index is 11.5. The molecule has 1 amide bonds. The molecule has 1 aliphatic heterocycles. The second-order valence-electron chi connectivity index (χ2n) is 3.86. The lowest BCUT2D eigenvalue weighted by atomic mass is 10.3. The van der Waals surface area contributed by atoms with E-state index in [9.17, 15) is 4.79 Å². The van der Waals surface area contributed by atoms with E-state index < -0.39 is 0 Å². The smallest absolute Gasteiger partial charge is 0.263 e. The molecule has 0 atom stereocenters. The number of hydrogen-bond donors (Lipinski definition) is 1. The SMILES string of the molecule is O=C1NC(=S)SC1=Cc1ccc(Cn2cccn2)o1. The van der Waals surface area contributed by atoms with Gasteiger partial charge in [-0.15, -0.1) is 0 Å². The summed E-state index contributed by atoms with van der Waals surface area (Å²) in [6, 6.07) is 5.54. The molecule has 2 aromatic rings. The number of rotatable bonds is 3. The predicted octanol–water partition coefficient (Wildman–Crippen LogP) is 2.01. The Bertz CT molecular complexity index is 658. The van der Waals surface area contributed by atoms with Crippen molar-refractivity contribution < 1.29 is 9.21 Å². The monoisotopic (exact) mass is 291 g/mol. The van der Waals surface area contributed by atoms with Crippen molar-refractivity contribution in [2.24, 2.45) is 0 Å². The van der Waals surface area contributed by atoms with Gasteiger partial charge in [0.15, 0.2) is 0 Å². The lowest BCUT2D eigenvalue weighted by molar-refractivity contribution is -0.115. The first-order valence-corrected chi connectivity index (χ1v) is 6.74. The number of carbonyl (C=O) groups excluding carboxylic acids is 1. The molecule has 1 N–H and O–H groups in total. The van der Waals surface area contributed by atoms with E-state index in [1.54, 1.807) is 17.0 Å². The van der Waals surface area contributed by atoms with Crippen LogP contribution in [-0.2, 0) is 11.3 Å². The van der Waals surface area contributed by atoms with E-state index in [1.165, 1.54) is 11.8 Å². The Balaban J connectivity index is 1.76. The zero-order chi connectivity index (χ0) is 13.2. The maximum absolute atomic E-state index is 11.5. The molecule has 0 spiro atoms. The standard InChI is InChI=1S/C12H9N3O2S2/c16-11-10(19-12(18)14-11)6-8-2-3-9(17-8)7-15-5-1-4-13-15/h1-6H,7H2,(H,14,16,18). The number of amides is 1. The van der Waals surface area contributed by atoms with Crippen molar-refractivity contribution in [3.63, 3.8) is 0 Å². The third-order valence-electron chi connectivity index (χ3n) is 2.47. The van der Waals surface area contributed by atoms with Gasteiger partial charge >= 0.3 is 0 Å². The second kappa shape index (κ2) is 5.02. The quantitative estimate of drug-likeness (QED) is 0.692. The normalized spacial score (nSPS) is 17.2. The number of nitrogens with one attached hydrogen (secondary N) is 1. The summed E-state index contributed by atoms with van der Waals surface area (Å²) < 4.78 is 7.87. The molecule has 3 heterocycles. The highest BCUT2D eigenvalue weighted by Crippen LogP contribution is 2.26. The molecule has 0 bridgehead atoms. The minimum absolute atomic E-state index is 0.181. The summed E-state index contributed by atoms with van der Waals surface area (Å²) in [6.07, 6.45) is 5.26. The predicted molar refractivity (Wildman–Crippen MR) is 76.3 cm³/mol. The fraction of sp³-hybridized carbons (Fsp3) is 0.0833. The van der Waals surface area contributed by atoms with Crippen LogP contribution in [-0.4, -0.2) is 20.0 Å². The van der Waals surface area contributed by atoms with Gasteiger partial charge in [-0.05, 0) is 18.2 Å². The van der Waals surface area contributed by atoms with Crippen LogP contribution in [0.3, 0.4) is 0 Å². The molecular formula is C12H9N3O2S2. The number of thiocarbonyl (C=S) groups is 1. The number of furan rings is 1. The van der Waals surface area contributed by atoms with Crippen LogP contribution < -0.4 is 5.32 Å². The summed E-state index contributed by atoms with van der Waals surface area (Å²) in [6.45, 7) is 0.563. The van der Waals surface area contributed by atoms with Crippen LogP contribution in [0.15, 0.2) is 39.9 Å². The zero-order valence-electron chi connectivity index (χ0n) is 9.70. The molecule has 19 heavy (non-hydrogen) atoms. The van der Waals surface area contributed by atoms with Crippen molar-refractivity contribution in [2.45, 2.75) is 6.54 Å². The number of hydrogen-bond acceptors (Lipinski definition) is 5. The minimum Gasteiger partial charge on any atom is -0.460 e. The third-order valence-corrected chi connectivity index (χ3v) is 3.64. The molecule has 1 aliphatic rings. The van der Waals surface area contributed by atoms with Crippen molar-refractivity contribution in [2.75, 3.05) is 0 Å². The van der Waals surface area contributed by atoms with Crippen LogP contribution in [0, 0.1) is 0 Å². The first-order chi connectivity index (χ1) is 9.20. The van der Waals surface area contributed by atoms with E-state index in [1.807, 2.05) is 24.4 Å². The molecule has 5 nitrogen and oxygen atoms in total. The second-order valence-corrected chi connectivity index (χ2v) is 5.58. The highest BCUT2D eigenvalue weighted by atomic mass is 32.2.